The maximum absolute atomic E-state index is 12.4. The third kappa shape index (κ3) is 4.04. The van der Waals surface area contributed by atoms with Gasteiger partial charge in [0.2, 0.25) is 15.9 Å². The van der Waals surface area contributed by atoms with Crippen molar-refractivity contribution in [2.45, 2.75) is 4.90 Å². The zero-order chi connectivity index (χ0) is 21.3. The lowest BCUT2D eigenvalue weighted by molar-refractivity contribution is -0.113. The van der Waals surface area contributed by atoms with Crippen LogP contribution in [0.15, 0.2) is 70.6 Å². The first-order chi connectivity index (χ1) is 14.3. The first-order valence-electron chi connectivity index (χ1n) is 9.17. The molecule has 1 amide bonds. The lowest BCUT2D eigenvalue weighted by atomic mass is 10.1. The predicted molar refractivity (Wildman–Crippen MR) is 123 cm³/mol. The molecule has 0 saturated carbocycles. The van der Waals surface area contributed by atoms with Crippen molar-refractivity contribution in [2.75, 3.05) is 30.5 Å². The fourth-order valence-corrected chi connectivity index (χ4v) is 4.75. The van der Waals surface area contributed by atoms with Crippen LogP contribution in [0.5, 0.6) is 0 Å². The van der Waals surface area contributed by atoms with Gasteiger partial charge in [0.05, 0.1) is 22.0 Å². The summed E-state index contributed by atoms with van der Waals surface area (Å²) in [5.41, 5.74) is 2.26. The molecule has 1 aliphatic rings. The topological polar surface area (TPSA) is 90.9 Å². The molecular weight excluding hydrogens is 420 g/mol. The number of amidine groups is 1. The van der Waals surface area contributed by atoms with Crippen LogP contribution in [0.25, 0.3) is 10.8 Å². The van der Waals surface area contributed by atoms with Gasteiger partial charge in [-0.05, 0) is 35.7 Å². The predicted octanol–water partition coefficient (Wildman–Crippen LogP) is 3.88. The summed E-state index contributed by atoms with van der Waals surface area (Å²) in [6.07, 6.45) is 0. The Kier molecular flexibility index (Phi) is 5.50. The minimum Gasteiger partial charge on any atom is -0.334 e. The molecule has 9 heteroatoms. The van der Waals surface area contributed by atoms with Crippen molar-refractivity contribution in [1.82, 2.24) is 4.31 Å². The van der Waals surface area contributed by atoms with E-state index in [2.05, 4.69) is 15.6 Å². The summed E-state index contributed by atoms with van der Waals surface area (Å²) in [4.78, 5) is 17.1. The van der Waals surface area contributed by atoms with Gasteiger partial charge in [0.25, 0.3) is 0 Å². The summed E-state index contributed by atoms with van der Waals surface area (Å²) in [5, 5.41) is 8.83. The molecule has 154 valence electrons. The van der Waals surface area contributed by atoms with E-state index in [0.29, 0.717) is 10.9 Å². The minimum absolute atomic E-state index is 0.126. The number of rotatable bonds is 5. The fraction of sp³-hybridized carbons (Fsp3) is 0.143. The van der Waals surface area contributed by atoms with Gasteiger partial charge < -0.3 is 10.6 Å². The van der Waals surface area contributed by atoms with Crippen LogP contribution >= 0.6 is 11.8 Å². The van der Waals surface area contributed by atoms with E-state index < -0.39 is 10.0 Å². The highest BCUT2D eigenvalue weighted by Crippen LogP contribution is 2.36. The maximum atomic E-state index is 12.4. The fourth-order valence-electron chi connectivity index (χ4n) is 3.12. The molecular formula is C21H20N4O3S2. The van der Waals surface area contributed by atoms with Crippen molar-refractivity contribution in [3.8, 4) is 0 Å². The van der Waals surface area contributed by atoms with Crippen LogP contribution in [0.4, 0.5) is 17.1 Å². The number of sulfonamides is 1. The summed E-state index contributed by atoms with van der Waals surface area (Å²) >= 11 is 1.29. The summed E-state index contributed by atoms with van der Waals surface area (Å²) in [6, 6.07) is 18.1. The Labute approximate surface area is 179 Å². The molecule has 0 aromatic heterocycles. The van der Waals surface area contributed by atoms with Crippen molar-refractivity contribution >= 4 is 60.7 Å². The number of anilines is 2. The van der Waals surface area contributed by atoms with E-state index in [1.54, 1.807) is 12.1 Å². The van der Waals surface area contributed by atoms with Crippen molar-refractivity contribution in [3.63, 3.8) is 0 Å². The largest absolute Gasteiger partial charge is 0.334 e. The molecule has 0 fully saturated rings. The third-order valence-electron chi connectivity index (χ3n) is 4.58. The highest BCUT2D eigenvalue weighted by atomic mass is 32.2. The second-order valence-electron chi connectivity index (χ2n) is 6.87. The highest BCUT2D eigenvalue weighted by molar-refractivity contribution is 8.14. The van der Waals surface area contributed by atoms with Gasteiger partial charge in [-0.25, -0.2) is 17.7 Å². The molecule has 0 aliphatic carbocycles. The Bertz CT molecular complexity index is 1260. The zero-order valence-electron chi connectivity index (χ0n) is 16.4. The van der Waals surface area contributed by atoms with Gasteiger partial charge in [-0.1, -0.05) is 42.1 Å². The molecule has 2 N–H and O–H groups in total. The lowest BCUT2D eigenvalue weighted by Gasteiger charge is -2.18. The van der Waals surface area contributed by atoms with E-state index >= 15 is 0 Å². The van der Waals surface area contributed by atoms with Crippen LogP contribution < -0.4 is 10.6 Å². The quantitative estimate of drug-likeness (QED) is 0.628. The second kappa shape index (κ2) is 8.10. The number of amides is 1. The van der Waals surface area contributed by atoms with Crippen LogP contribution in [-0.4, -0.2) is 43.6 Å². The number of nitrogens with zero attached hydrogens (tertiary/aromatic N) is 2. The molecule has 1 heterocycles. The van der Waals surface area contributed by atoms with Gasteiger partial charge in [0.15, 0.2) is 5.17 Å². The van der Waals surface area contributed by atoms with Gasteiger partial charge in [-0.3, -0.25) is 4.79 Å². The standard InChI is InChI=1S/C21H20N4O3S2/c1-25(2)30(27,28)16-9-5-8-15(12-16)22-19(26)13-29-21-23-17-10-3-6-14-7-4-11-18(24-21)20(14)17/h3-12H,13H2,1-2H3,(H,22,26)(H,23,24). The molecule has 0 unspecified atom stereocenters. The van der Waals surface area contributed by atoms with Crippen LogP contribution in [0, 0.1) is 0 Å². The number of benzene rings is 3. The minimum atomic E-state index is -3.56. The van der Waals surface area contributed by atoms with E-state index in [1.807, 2.05) is 36.4 Å². The van der Waals surface area contributed by atoms with Crippen molar-refractivity contribution in [3.05, 3.63) is 60.7 Å². The maximum Gasteiger partial charge on any atom is 0.242 e. The molecule has 4 rings (SSSR count). The number of carbonyl (C=O) groups is 1. The van der Waals surface area contributed by atoms with Crippen LogP contribution in [0.1, 0.15) is 0 Å². The van der Waals surface area contributed by atoms with Crippen molar-refractivity contribution < 1.29 is 13.2 Å². The third-order valence-corrected chi connectivity index (χ3v) is 7.27. The van der Waals surface area contributed by atoms with Gasteiger partial charge in [-0.15, -0.1) is 0 Å². The van der Waals surface area contributed by atoms with Crippen LogP contribution in [0.2, 0.25) is 0 Å². The Hall–Kier alpha value is -2.88. The SMILES string of the molecule is CN(C)S(=O)(=O)c1cccc(NC(=O)CSC2=Nc3cccc4cccc(c34)N2)c1. The van der Waals surface area contributed by atoms with Crippen LogP contribution in [-0.2, 0) is 14.8 Å². The molecule has 0 bridgehead atoms. The summed E-state index contributed by atoms with van der Waals surface area (Å²) in [6.45, 7) is 0. The Morgan fingerprint density at radius 2 is 1.83 bits per heavy atom. The molecule has 0 saturated heterocycles. The van der Waals surface area contributed by atoms with E-state index in [9.17, 15) is 13.2 Å². The number of thioether (sulfide) groups is 1. The zero-order valence-corrected chi connectivity index (χ0v) is 18.0. The number of hydrogen-bond acceptors (Lipinski definition) is 6. The normalized spacial score (nSPS) is 13.1. The number of carbonyl (C=O) groups excluding carboxylic acids is 1. The number of nitrogens with one attached hydrogen (secondary N) is 2. The van der Waals surface area contributed by atoms with E-state index in [4.69, 9.17) is 0 Å². The Morgan fingerprint density at radius 3 is 2.60 bits per heavy atom. The van der Waals surface area contributed by atoms with E-state index in [-0.39, 0.29) is 16.6 Å². The Balaban J connectivity index is 1.44. The first-order valence-corrected chi connectivity index (χ1v) is 11.6. The lowest BCUT2D eigenvalue weighted by Crippen LogP contribution is -2.22. The van der Waals surface area contributed by atoms with Gasteiger partial charge in [0, 0.05) is 25.2 Å². The average molecular weight is 441 g/mol. The van der Waals surface area contributed by atoms with Crippen LogP contribution in [0.3, 0.4) is 0 Å². The number of hydrogen-bond donors (Lipinski definition) is 2. The molecule has 0 radical (unpaired) electrons. The molecule has 0 spiro atoms. The molecule has 3 aromatic carbocycles. The van der Waals surface area contributed by atoms with Crippen molar-refractivity contribution in [1.29, 1.82) is 0 Å². The van der Waals surface area contributed by atoms with Crippen molar-refractivity contribution in [2.24, 2.45) is 4.99 Å². The highest BCUT2D eigenvalue weighted by Gasteiger charge is 2.18. The molecule has 7 nitrogen and oxygen atoms in total. The average Bonchev–Trinajstić information content (AvgIpc) is 2.73. The summed E-state index contributed by atoms with van der Waals surface area (Å²) in [5.74, 6) is -0.116. The van der Waals surface area contributed by atoms with Gasteiger partial charge >= 0.3 is 0 Å². The van der Waals surface area contributed by atoms with Gasteiger partial charge in [0.1, 0.15) is 0 Å². The van der Waals surface area contributed by atoms with E-state index in [0.717, 1.165) is 26.5 Å². The summed E-state index contributed by atoms with van der Waals surface area (Å²) in [7, 11) is -0.632. The van der Waals surface area contributed by atoms with E-state index in [1.165, 1.54) is 38.0 Å². The monoisotopic (exact) mass is 440 g/mol. The first kappa shape index (κ1) is 20.4. The molecule has 0 atom stereocenters. The second-order valence-corrected chi connectivity index (χ2v) is 9.99. The summed E-state index contributed by atoms with van der Waals surface area (Å²) < 4.78 is 25.7. The number of aliphatic imine (C=N–C) groups is 1. The van der Waals surface area contributed by atoms with Gasteiger partial charge in [-0.2, -0.15) is 0 Å². The Morgan fingerprint density at radius 1 is 1.10 bits per heavy atom. The molecule has 3 aromatic rings. The smallest absolute Gasteiger partial charge is 0.242 e. The molecule has 30 heavy (non-hydrogen) atoms. The molecule has 1 aliphatic heterocycles.